The lowest BCUT2D eigenvalue weighted by atomic mass is 10.1. The van der Waals surface area contributed by atoms with E-state index in [1.807, 2.05) is 18.4 Å². The molecule has 140 valence electrons. The zero-order chi connectivity index (χ0) is 18.8. The van der Waals surface area contributed by atoms with Gasteiger partial charge in [0.1, 0.15) is 12.3 Å². The largest absolute Gasteiger partial charge is 0.480 e. The van der Waals surface area contributed by atoms with Gasteiger partial charge < -0.3 is 19.3 Å². The Labute approximate surface area is 151 Å². The van der Waals surface area contributed by atoms with Crippen LogP contribution in [0.4, 0.5) is 0 Å². The number of rotatable bonds is 5. The summed E-state index contributed by atoms with van der Waals surface area (Å²) in [5.74, 6) is -0.0212. The third-order valence-corrected chi connectivity index (χ3v) is 4.70. The lowest BCUT2D eigenvalue weighted by Gasteiger charge is -2.33. The number of carboxylic acids is 1. The summed E-state index contributed by atoms with van der Waals surface area (Å²) in [6.07, 6.45) is 1.28. The van der Waals surface area contributed by atoms with Crippen LogP contribution in [-0.4, -0.2) is 57.4 Å². The average Bonchev–Trinajstić information content (AvgIpc) is 3.15. The second-order valence-corrected chi connectivity index (χ2v) is 6.59. The highest BCUT2D eigenvalue weighted by molar-refractivity contribution is 5.97. The Kier molecular flexibility index (Phi) is 5.13. The molecule has 0 radical (unpaired) electrons. The molecule has 1 amide bonds. The maximum Gasteiger partial charge on any atom is 0.323 e. The van der Waals surface area contributed by atoms with Gasteiger partial charge in [0.2, 0.25) is 0 Å². The molecule has 26 heavy (non-hydrogen) atoms. The number of aliphatic carboxylic acids is 1. The number of amides is 1. The van der Waals surface area contributed by atoms with Crippen molar-refractivity contribution in [1.82, 2.24) is 14.6 Å². The summed E-state index contributed by atoms with van der Waals surface area (Å²) in [6, 6.07) is 3.43. The predicted molar refractivity (Wildman–Crippen MR) is 92.6 cm³/mol. The van der Waals surface area contributed by atoms with Gasteiger partial charge in [-0.15, -0.1) is 0 Å². The molecule has 8 heteroatoms. The van der Waals surface area contributed by atoms with Crippen LogP contribution < -0.4 is 0 Å². The lowest BCUT2D eigenvalue weighted by Crippen LogP contribution is -2.46. The number of aromatic nitrogens is 2. The number of hydrogen-bond donors (Lipinski definition) is 1. The molecule has 0 unspecified atom stereocenters. The molecule has 0 saturated carbocycles. The zero-order valence-electron chi connectivity index (χ0n) is 15.2. The van der Waals surface area contributed by atoms with Crippen molar-refractivity contribution in [2.75, 3.05) is 19.8 Å². The Morgan fingerprint density at radius 1 is 1.27 bits per heavy atom. The molecule has 1 N–H and O–H groups in total. The van der Waals surface area contributed by atoms with Crippen LogP contribution in [0.15, 0.2) is 16.7 Å². The van der Waals surface area contributed by atoms with Gasteiger partial charge in [-0.2, -0.15) is 0 Å². The van der Waals surface area contributed by atoms with Gasteiger partial charge >= 0.3 is 5.97 Å². The molecule has 0 aromatic carbocycles. The Balaban J connectivity index is 1.95. The van der Waals surface area contributed by atoms with Gasteiger partial charge in [0.25, 0.3) is 5.91 Å². The molecule has 0 bridgehead atoms. The predicted octanol–water partition coefficient (Wildman–Crippen LogP) is 2.10. The summed E-state index contributed by atoms with van der Waals surface area (Å²) in [4.78, 5) is 25.9. The van der Waals surface area contributed by atoms with Gasteiger partial charge in [0, 0.05) is 36.7 Å². The summed E-state index contributed by atoms with van der Waals surface area (Å²) < 4.78 is 12.3. The van der Waals surface area contributed by atoms with E-state index in [1.54, 1.807) is 19.1 Å². The normalized spacial score (nSPS) is 15.2. The second-order valence-electron chi connectivity index (χ2n) is 6.59. The van der Waals surface area contributed by atoms with Gasteiger partial charge in [-0.3, -0.25) is 14.2 Å². The van der Waals surface area contributed by atoms with Crippen molar-refractivity contribution in [2.24, 2.45) is 0 Å². The fourth-order valence-electron chi connectivity index (χ4n) is 3.45. The van der Waals surface area contributed by atoms with E-state index in [2.05, 4.69) is 5.16 Å². The minimum absolute atomic E-state index is 0.135. The molecule has 8 nitrogen and oxygen atoms in total. The van der Waals surface area contributed by atoms with E-state index in [0.29, 0.717) is 48.9 Å². The molecule has 2 aromatic rings. The van der Waals surface area contributed by atoms with Crippen molar-refractivity contribution in [3.8, 4) is 5.82 Å². The fraction of sp³-hybridized carbons (Fsp3) is 0.500. The minimum atomic E-state index is -1.02. The first-order chi connectivity index (χ1) is 12.4. The molecule has 1 saturated heterocycles. The smallest absolute Gasteiger partial charge is 0.323 e. The Hall–Kier alpha value is -2.61. The first-order valence-corrected chi connectivity index (χ1v) is 8.61. The van der Waals surface area contributed by atoms with Crippen LogP contribution in [0, 0.1) is 20.8 Å². The molecule has 1 aliphatic heterocycles. The number of ether oxygens (including phenoxy) is 1. The molecule has 0 aliphatic carbocycles. The van der Waals surface area contributed by atoms with Crippen LogP contribution in [0.1, 0.15) is 40.3 Å². The number of nitrogens with zero attached hydrogens (tertiary/aromatic N) is 3. The minimum Gasteiger partial charge on any atom is -0.480 e. The van der Waals surface area contributed by atoms with Crippen LogP contribution in [0.3, 0.4) is 0 Å². The van der Waals surface area contributed by atoms with Crippen LogP contribution in [0.5, 0.6) is 0 Å². The van der Waals surface area contributed by atoms with Gasteiger partial charge in [-0.25, -0.2) is 0 Å². The van der Waals surface area contributed by atoms with Gasteiger partial charge in [0.05, 0.1) is 5.56 Å². The van der Waals surface area contributed by atoms with E-state index >= 15 is 0 Å². The second kappa shape index (κ2) is 7.33. The maximum absolute atomic E-state index is 13.2. The highest BCUT2D eigenvalue weighted by Gasteiger charge is 2.30. The van der Waals surface area contributed by atoms with Crippen molar-refractivity contribution >= 4 is 11.9 Å². The topological polar surface area (TPSA) is 97.8 Å². The van der Waals surface area contributed by atoms with Gasteiger partial charge in [-0.1, -0.05) is 5.16 Å². The van der Waals surface area contributed by atoms with Crippen molar-refractivity contribution in [2.45, 2.75) is 39.7 Å². The highest BCUT2D eigenvalue weighted by atomic mass is 16.5. The SMILES string of the molecule is Cc1cc(-n2c(C)cc(C(=O)N(CC(=O)O)C3CCOCC3)c2C)no1. The van der Waals surface area contributed by atoms with Crippen molar-refractivity contribution in [1.29, 1.82) is 0 Å². The molecular weight excluding hydrogens is 338 g/mol. The Bertz CT molecular complexity index is 817. The molecular formula is C18H23N3O5. The first-order valence-electron chi connectivity index (χ1n) is 8.61. The number of carbonyl (C=O) groups excluding carboxylic acids is 1. The first kappa shape index (κ1) is 18.2. The van der Waals surface area contributed by atoms with Gasteiger partial charge in [-0.05, 0) is 39.7 Å². The summed E-state index contributed by atoms with van der Waals surface area (Å²) in [5.41, 5.74) is 2.03. The molecule has 0 spiro atoms. The molecule has 1 aliphatic rings. The molecule has 2 aromatic heterocycles. The van der Waals surface area contributed by atoms with Crippen molar-refractivity contribution in [3.63, 3.8) is 0 Å². The van der Waals surface area contributed by atoms with Gasteiger partial charge in [0.15, 0.2) is 5.82 Å². The van der Waals surface area contributed by atoms with E-state index in [9.17, 15) is 14.7 Å². The van der Waals surface area contributed by atoms with Crippen LogP contribution in [-0.2, 0) is 9.53 Å². The number of carboxylic acid groups (broad SMARTS) is 1. The summed E-state index contributed by atoms with van der Waals surface area (Å²) >= 11 is 0. The highest BCUT2D eigenvalue weighted by Crippen LogP contribution is 2.24. The van der Waals surface area contributed by atoms with E-state index in [0.717, 1.165) is 5.69 Å². The van der Waals surface area contributed by atoms with E-state index in [1.165, 1.54) is 4.90 Å². The average molecular weight is 361 g/mol. The van der Waals surface area contributed by atoms with E-state index in [-0.39, 0.29) is 18.5 Å². The Morgan fingerprint density at radius 3 is 2.54 bits per heavy atom. The molecule has 1 fully saturated rings. The standard InChI is InChI=1S/C18H23N3O5/c1-11-8-15(13(3)21(11)16-9-12(2)26-19-16)18(24)20(10-17(22)23)14-4-6-25-7-5-14/h8-9,14H,4-7,10H2,1-3H3,(H,22,23). The monoisotopic (exact) mass is 361 g/mol. The maximum atomic E-state index is 13.2. The third-order valence-electron chi connectivity index (χ3n) is 4.70. The van der Waals surface area contributed by atoms with Crippen LogP contribution >= 0.6 is 0 Å². The molecule has 3 rings (SSSR count). The van der Waals surface area contributed by atoms with Crippen LogP contribution in [0.2, 0.25) is 0 Å². The fourth-order valence-corrected chi connectivity index (χ4v) is 3.45. The van der Waals surface area contributed by atoms with E-state index in [4.69, 9.17) is 9.26 Å². The third kappa shape index (κ3) is 3.50. The summed E-state index contributed by atoms with van der Waals surface area (Å²) in [5, 5.41) is 13.3. The van der Waals surface area contributed by atoms with Crippen molar-refractivity contribution < 1.29 is 24.0 Å². The summed E-state index contributed by atoms with van der Waals surface area (Å²) in [7, 11) is 0. The van der Waals surface area contributed by atoms with Crippen LogP contribution in [0.25, 0.3) is 5.82 Å². The number of hydrogen-bond acceptors (Lipinski definition) is 5. The van der Waals surface area contributed by atoms with Crippen molar-refractivity contribution in [3.05, 3.63) is 34.8 Å². The zero-order valence-corrected chi connectivity index (χ0v) is 15.2. The molecule has 3 heterocycles. The summed E-state index contributed by atoms with van der Waals surface area (Å²) in [6.45, 7) is 6.25. The lowest BCUT2D eigenvalue weighted by molar-refractivity contribution is -0.138. The van der Waals surface area contributed by atoms with E-state index < -0.39 is 5.97 Å². The molecule has 0 atom stereocenters. The number of carbonyl (C=O) groups is 2. The quantitative estimate of drug-likeness (QED) is 0.876. The number of aryl methyl sites for hydroxylation is 2. The Morgan fingerprint density at radius 2 is 1.96 bits per heavy atom.